The zero-order valence-corrected chi connectivity index (χ0v) is 14.6. The van der Waals surface area contributed by atoms with E-state index < -0.39 is 16.5 Å². The molecule has 0 spiro atoms. The van der Waals surface area contributed by atoms with Crippen LogP contribution in [0.2, 0.25) is 5.02 Å². The molecular formula is C10H11ClNNaO6S. The molecular weight excluding hydrogens is 321 g/mol. The molecule has 1 rings (SSSR count). The van der Waals surface area contributed by atoms with Crippen molar-refractivity contribution in [3.8, 4) is 5.75 Å². The maximum atomic E-state index is 11.3. The third-order valence-corrected chi connectivity index (χ3v) is 2.39. The Morgan fingerprint density at radius 3 is 2.45 bits per heavy atom. The summed E-state index contributed by atoms with van der Waals surface area (Å²) in [4.78, 5) is 11.3. The summed E-state index contributed by atoms with van der Waals surface area (Å²) in [5.41, 5.74) is 0.270. The van der Waals surface area contributed by atoms with E-state index in [9.17, 15) is 17.8 Å². The van der Waals surface area contributed by atoms with Gasteiger partial charge in [-0.3, -0.25) is 5.32 Å². The third-order valence-electron chi connectivity index (χ3n) is 1.71. The Kier molecular flexibility index (Phi) is 7.85. The molecule has 10 heteroatoms. The average Bonchev–Trinajstić information content (AvgIpc) is 2.19. The van der Waals surface area contributed by atoms with E-state index in [1.165, 1.54) is 12.1 Å². The largest absolute Gasteiger partial charge is 1.00 e. The predicted molar refractivity (Wildman–Crippen MR) is 67.0 cm³/mol. The molecule has 0 aromatic heterocycles. The molecule has 1 amide bonds. The minimum absolute atomic E-state index is 0. The Hall–Kier alpha value is -0.510. The summed E-state index contributed by atoms with van der Waals surface area (Å²) in [5.74, 6) is -0.320. The van der Waals surface area contributed by atoms with Crippen molar-refractivity contribution in [2.24, 2.45) is 0 Å². The van der Waals surface area contributed by atoms with E-state index in [2.05, 4.69) is 9.50 Å². The molecule has 0 bridgehead atoms. The zero-order chi connectivity index (χ0) is 14.6. The SMILES string of the molecule is CC(C)OC(=O)Nc1ccc(OS(=O)(=O)[O-])c(Cl)c1.[Na+]. The van der Waals surface area contributed by atoms with Gasteiger partial charge in [-0.05, 0) is 32.0 Å². The molecule has 106 valence electrons. The first-order valence-electron chi connectivity index (χ1n) is 5.10. The van der Waals surface area contributed by atoms with Crippen LogP contribution < -0.4 is 39.1 Å². The molecule has 0 aliphatic rings. The van der Waals surface area contributed by atoms with Crippen molar-refractivity contribution in [2.75, 3.05) is 5.32 Å². The molecule has 0 atom stereocenters. The van der Waals surface area contributed by atoms with Gasteiger partial charge in [-0.2, -0.15) is 0 Å². The van der Waals surface area contributed by atoms with Gasteiger partial charge in [-0.25, -0.2) is 13.2 Å². The van der Waals surface area contributed by atoms with Crippen molar-refractivity contribution in [3.05, 3.63) is 23.2 Å². The number of ether oxygens (including phenoxy) is 1. The van der Waals surface area contributed by atoms with Gasteiger partial charge in [0.1, 0.15) is 0 Å². The Morgan fingerprint density at radius 2 is 2.00 bits per heavy atom. The number of carbonyl (C=O) groups excluding carboxylic acids is 1. The molecule has 7 nitrogen and oxygen atoms in total. The van der Waals surface area contributed by atoms with Crippen LogP contribution in [0.3, 0.4) is 0 Å². The molecule has 1 aromatic carbocycles. The van der Waals surface area contributed by atoms with Gasteiger partial charge in [-0.15, -0.1) is 0 Å². The quantitative estimate of drug-likeness (QED) is 0.437. The molecule has 0 fully saturated rings. The standard InChI is InChI=1S/C10H12ClNO6S.Na/c1-6(2)17-10(13)12-7-3-4-9(8(11)5-7)18-19(14,15)16;/h3-6H,1-2H3,(H,12,13)(H,14,15,16);/q;+1/p-1. The van der Waals surface area contributed by atoms with E-state index in [-0.39, 0.29) is 52.1 Å². The van der Waals surface area contributed by atoms with E-state index in [1.54, 1.807) is 13.8 Å². The fourth-order valence-corrected chi connectivity index (χ4v) is 1.75. The number of nitrogens with one attached hydrogen (secondary N) is 1. The Morgan fingerprint density at radius 1 is 1.40 bits per heavy atom. The minimum Gasteiger partial charge on any atom is -0.716 e. The molecule has 0 aliphatic heterocycles. The number of hydrogen-bond acceptors (Lipinski definition) is 6. The van der Waals surface area contributed by atoms with Gasteiger partial charge >= 0.3 is 35.7 Å². The van der Waals surface area contributed by atoms with Crippen molar-refractivity contribution in [1.29, 1.82) is 0 Å². The molecule has 0 radical (unpaired) electrons. The summed E-state index contributed by atoms with van der Waals surface area (Å²) < 4.78 is 40.2. The van der Waals surface area contributed by atoms with Gasteiger partial charge in [0.15, 0.2) is 5.75 Å². The van der Waals surface area contributed by atoms with Crippen LogP contribution in [0.15, 0.2) is 18.2 Å². The van der Waals surface area contributed by atoms with E-state index >= 15 is 0 Å². The number of benzene rings is 1. The average molecular weight is 332 g/mol. The predicted octanol–water partition coefficient (Wildman–Crippen LogP) is -0.860. The zero-order valence-electron chi connectivity index (χ0n) is 11.0. The second-order valence-corrected chi connectivity index (χ2v) is 5.11. The van der Waals surface area contributed by atoms with Gasteiger partial charge in [-0.1, -0.05) is 11.6 Å². The fourth-order valence-electron chi connectivity index (χ4n) is 1.12. The first kappa shape index (κ1) is 19.5. The van der Waals surface area contributed by atoms with Crippen LogP contribution in [0, 0.1) is 0 Å². The number of halogens is 1. The molecule has 1 N–H and O–H groups in total. The molecule has 0 saturated carbocycles. The van der Waals surface area contributed by atoms with Gasteiger partial charge in [0, 0.05) is 5.69 Å². The number of anilines is 1. The molecule has 0 heterocycles. The van der Waals surface area contributed by atoms with Crippen LogP contribution in [0.4, 0.5) is 10.5 Å². The van der Waals surface area contributed by atoms with Crippen molar-refractivity contribution in [2.45, 2.75) is 20.0 Å². The summed E-state index contributed by atoms with van der Waals surface area (Å²) in [5, 5.41) is 2.24. The van der Waals surface area contributed by atoms with Crippen LogP contribution in [-0.2, 0) is 15.1 Å². The van der Waals surface area contributed by atoms with Crippen molar-refractivity contribution < 1.29 is 56.2 Å². The van der Waals surface area contributed by atoms with E-state index in [0.29, 0.717) is 0 Å². The van der Waals surface area contributed by atoms with Crippen LogP contribution >= 0.6 is 11.6 Å². The smallest absolute Gasteiger partial charge is 0.716 e. The van der Waals surface area contributed by atoms with Gasteiger partial charge in [0.05, 0.1) is 11.1 Å². The molecule has 20 heavy (non-hydrogen) atoms. The van der Waals surface area contributed by atoms with Crippen molar-refractivity contribution >= 4 is 33.8 Å². The number of amides is 1. The first-order chi connectivity index (χ1) is 8.67. The molecule has 0 saturated heterocycles. The number of carbonyl (C=O) groups is 1. The summed E-state index contributed by atoms with van der Waals surface area (Å²) in [7, 11) is -4.90. The topological polar surface area (TPSA) is 105 Å². The molecule has 1 aromatic rings. The van der Waals surface area contributed by atoms with Crippen LogP contribution in [0.25, 0.3) is 0 Å². The third kappa shape index (κ3) is 7.32. The minimum atomic E-state index is -4.90. The maximum Gasteiger partial charge on any atom is 1.00 e. The number of hydrogen-bond donors (Lipinski definition) is 1. The first-order valence-corrected chi connectivity index (χ1v) is 6.81. The van der Waals surface area contributed by atoms with Crippen LogP contribution in [-0.4, -0.2) is 25.2 Å². The second kappa shape index (κ2) is 8.06. The number of rotatable bonds is 4. The Balaban J connectivity index is 0.00000361. The summed E-state index contributed by atoms with van der Waals surface area (Å²) in [6, 6.07) is 3.68. The maximum absolute atomic E-state index is 11.3. The Labute approximate surface area is 143 Å². The van der Waals surface area contributed by atoms with Gasteiger partial charge in [0.25, 0.3) is 10.4 Å². The van der Waals surface area contributed by atoms with E-state index in [0.717, 1.165) is 6.07 Å². The van der Waals surface area contributed by atoms with Crippen LogP contribution in [0.5, 0.6) is 5.75 Å². The fraction of sp³-hybridized carbons (Fsp3) is 0.300. The monoisotopic (exact) mass is 331 g/mol. The summed E-state index contributed by atoms with van der Waals surface area (Å²) in [6.07, 6.45) is -0.972. The van der Waals surface area contributed by atoms with Crippen molar-refractivity contribution in [1.82, 2.24) is 0 Å². The van der Waals surface area contributed by atoms with E-state index in [4.69, 9.17) is 16.3 Å². The van der Waals surface area contributed by atoms with Gasteiger partial charge < -0.3 is 13.5 Å². The molecule has 0 aliphatic carbocycles. The van der Waals surface area contributed by atoms with Crippen molar-refractivity contribution in [3.63, 3.8) is 0 Å². The summed E-state index contributed by atoms with van der Waals surface area (Å²) >= 11 is 5.70. The summed E-state index contributed by atoms with van der Waals surface area (Å²) in [6.45, 7) is 3.37. The molecule has 0 unspecified atom stereocenters. The Bertz CT molecular complexity index is 577. The van der Waals surface area contributed by atoms with E-state index in [1.807, 2.05) is 0 Å². The second-order valence-electron chi connectivity index (χ2n) is 3.72. The van der Waals surface area contributed by atoms with Crippen LogP contribution in [0.1, 0.15) is 13.8 Å². The normalized spacial score (nSPS) is 10.7. The van der Waals surface area contributed by atoms with Gasteiger partial charge in [0.2, 0.25) is 0 Å².